The van der Waals surface area contributed by atoms with Gasteiger partial charge in [0.05, 0.1) is 6.54 Å². The summed E-state index contributed by atoms with van der Waals surface area (Å²) in [5, 5.41) is 10.3. The van der Waals surface area contributed by atoms with Crippen molar-refractivity contribution in [3.8, 4) is 0 Å². The first-order valence-corrected chi connectivity index (χ1v) is 6.48. The van der Waals surface area contributed by atoms with E-state index in [1.54, 1.807) is 7.11 Å². The lowest BCUT2D eigenvalue weighted by Crippen LogP contribution is -2.08. The molecule has 0 amide bonds. The third-order valence-electron chi connectivity index (χ3n) is 2.53. The summed E-state index contributed by atoms with van der Waals surface area (Å²) in [6, 6.07) is 3.74. The molecular formula is C13H19N5O2. The maximum absolute atomic E-state index is 5.07. The van der Waals surface area contributed by atoms with E-state index >= 15 is 0 Å². The molecule has 0 saturated heterocycles. The van der Waals surface area contributed by atoms with E-state index in [9.17, 15) is 0 Å². The lowest BCUT2D eigenvalue weighted by atomic mass is 10.3. The molecule has 2 N–H and O–H groups in total. The van der Waals surface area contributed by atoms with Gasteiger partial charge < -0.3 is 19.9 Å². The maximum Gasteiger partial charge on any atom is 0.158 e. The maximum atomic E-state index is 5.07. The molecule has 0 radical (unpaired) electrons. The Morgan fingerprint density at radius 1 is 1.20 bits per heavy atom. The first-order chi connectivity index (χ1) is 9.71. The van der Waals surface area contributed by atoms with Gasteiger partial charge in [0.2, 0.25) is 0 Å². The second kappa shape index (κ2) is 6.85. The summed E-state index contributed by atoms with van der Waals surface area (Å²) in [5.74, 6) is 2.92. The topological polar surface area (TPSA) is 85.1 Å². The van der Waals surface area contributed by atoms with E-state index in [2.05, 4.69) is 25.8 Å². The lowest BCUT2D eigenvalue weighted by molar-refractivity contribution is 0.178. The van der Waals surface area contributed by atoms with Crippen LogP contribution in [0.15, 0.2) is 16.7 Å². The van der Waals surface area contributed by atoms with Gasteiger partial charge in [-0.25, -0.2) is 9.97 Å². The van der Waals surface area contributed by atoms with E-state index in [0.29, 0.717) is 19.0 Å². The Hall–Kier alpha value is -2.15. The highest BCUT2D eigenvalue weighted by atomic mass is 16.5. The molecule has 0 unspecified atom stereocenters. The highest BCUT2D eigenvalue weighted by Crippen LogP contribution is 2.13. The summed E-state index contributed by atoms with van der Waals surface area (Å²) >= 11 is 0. The summed E-state index contributed by atoms with van der Waals surface area (Å²) in [4.78, 5) is 8.73. The zero-order valence-corrected chi connectivity index (χ0v) is 11.9. The first kappa shape index (κ1) is 14.3. The van der Waals surface area contributed by atoms with Gasteiger partial charge in [0.25, 0.3) is 0 Å². The van der Waals surface area contributed by atoms with Crippen molar-refractivity contribution in [2.45, 2.75) is 27.0 Å². The molecule has 0 aromatic carbocycles. The van der Waals surface area contributed by atoms with Crippen molar-refractivity contribution in [3.05, 3.63) is 29.4 Å². The van der Waals surface area contributed by atoms with Gasteiger partial charge in [-0.2, -0.15) is 0 Å². The van der Waals surface area contributed by atoms with Gasteiger partial charge in [0.1, 0.15) is 29.7 Å². The Labute approximate surface area is 117 Å². The van der Waals surface area contributed by atoms with Crippen molar-refractivity contribution in [1.82, 2.24) is 15.1 Å². The fraction of sp³-hybridized carbons (Fsp3) is 0.462. The van der Waals surface area contributed by atoms with Gasteiger partial charge >= 0.3 is 0 Å². The van der Waals surface area contributed by atoms with E-state index in [1.807, 2.05) is 26.0 Å². The molecule has 7 nitrogen and oxygen atoms in total. The number of hydrogen-bond donors (Lipinski definition) is 2. The van der Waals surface area contributed by atoms with Crippen molar-refractivity contribution in [3.63, 3.8) is 0 Å². The van der Waals surface area contributed by atoms with Crippen LogP contribution >= 0.6 is 0 Å². The van der Waals surface area contributed by atoms with Crippen LogP contribution in [-0.4, -0.2) is 28.8 Å². The summed E-state index contributed by atoms with van der Waals surface area (Å²) < 4.78 is 10.1. The normalized spacial score (nSPS) is 10.6. The Morgan fingerprint density at radius 3 is 2.55 bits per heavy atom. The number of aromatic nitrogens is 3. The predicted molar refractivity (Wildman–Crippen MR) is 75.5 cm³/mol. The number of ether oxygens (including phenoxy) is 1. The molecule has 0 aliphatic heterocycles. The van der Waals surface area contributed by atoms with Gasteiger partial charge in [0, 0.05) is 25.8 Å². The van der Waals surface area contributed by atoms with Crippen LogP contribution in [0.1, 0.15) is 24.2 Å². The minimum Gasteiger partial charge on any atom is -0.377 e. The van der Waals surface area contributed by atoms with E-state index in [-0.39, 0.29) is 0 Å². The largest absolute Gasteiger partial charge is 0.377 e. The minimum atomic E-state index is 0.372. The van der Waals surface area contributed by atoms with Crippen LogP contribution in [0.2, 0.25) is 0 Å². The molecule has 0 aliphatic carbocycles. The van der Waals surface area contributed by atoms with Gasteiger partial charge in [0.15, 0.2) is 5.82 Å². The fourth-order valence-corrected chi connectivity index (χ4v) is 1.74. The minimum absolute atomic E-state index is 0.372. The molecule has 0 atom stereocenters. The van der Waals surface area contributed by atoms with Crippen molar-refractivity contribution in [1.29, 1.82) is 0 Å². The number of nitrogens with zero attached hydrogens (tertiary/aromatic N) is 3. The molecule has 108 valence electrons. The molecular weight excluding hydrogens is 258 g/mol. The van der Waals surface area contributed by atoms with Crippen LogP contribution in [0.4, 0.5) is 11.6 Å². The van der Waals surface area contributed by atoms with Crippen LogP contribution < -0.4 is 10.6 Å². The number of rotatable bonds is 7. The molecule has 2 aromatic heterocycles. The van der Waals surface area contributed by atoms with E-state index < -0.39 is 0 Å². The lowest BCUT2D eigenvalue weighted by Gasteiger charge is -2.09. The average molecular weight is 277 g/mol. The van der Waals surface area contributed by atoms with Crippen molar-refractivity contribution in [2.24, 2.45) is 0 Å². The van der Waals surface area contributed by atoms with Crippen LogP contribution in [0.25, 0.3) is 0 Å². The number of aryl methyl sites for hydroxylation is 1. The molecule has 0 saturated carbocycles. The standard InChI is InChI=1S/C13H19N5O2/c1-4-14-11-6-12(17-13(16-11)8-19-3)15-7-10-5-9(2)20-18-10/h5-6H,4,7-8H2,1-3H3,(H2,14,15,16,17). The second-order valence-electron chi connectivity index (χ2n) is 4.30. The number of methoxy groups -OCH3 is 1. The quantitative estimate of drug-likeness (QED) is 0.800. The summed E-state index contributed by atoms with van der Waals surface area (Å²) in [6.45, 7) is 5.60. The molecule has 7 heteroatoms. The zero-order valence-electron chi connectivity index (χ0n) is 11.9. The smallest absolute Gasteiger partial charge is 0.158 e. The molecule has 0 fully saturated rings. The van der Waals surface area contributed by atoms with Crippen molar-refractivity contribution in [2.75, 3.05) is 24.3 Å². The molecule has 2 rings (SSSR count). The average Bonchev–Trinajstić information content (AvgIpc) is 2.83. The van der Waals surface area contributed by atoms with Crippen molar-refractivity contribution >= 4 is 11.6 Å². The van der Waals surface area contributed by atoms with E-state index in [1.165, 1.54) is 0 Å². The van der Waals surface area contributed by atoms with Crippen molar-refractivity contribution < 1.29 is 9.26 Å². The second-order valence-corrected chi connectivity index (χ2v) is 4.30. The number of anilines is 2. The molecule has 0 aliphatic rings. The van der Waals surface area contributed by atoms with Gasteiger partial charge in [-0.1, -0.05) is 5.16 Å². The molecule has 0 bridgehead atoms. The highest BCUT2D eigenvalue weighted by molar-refractivity contribution is 5.47. The van der Waals surface area contributed by atoms with Crippen LogP contribution in [-0.2, 0) is 17.9 Å². The van der Waals surface area contributed by atoms with Gasteiger partial charge in [-0.15, -0.1) is 0 Å². The predicted octanol–water partition coefficient (Wildman–Crippen LogP) is 1.96. The molecule has 2 heterocycles. The van der Waals surface area contributed by atoms with E-state index in [4.69, 9.17) is 9.26 Å². The summed E-state index contributed by atoms with van der Waals surface area (Å²) in [7, 11) is 1.62. The van der Waals surface area contributed by atoms with Crippen LogP contribution in [0, 0.1) is 6.92 Å². The first-order valence-electron chi connectivity index (χ1n) is 6.48. The third-order valence-corrected chi connectivity index (χ3v) is 2.53. The fourth-order valence-electron chi connectivity index (χ4n) is 1.74. The third kappa shape index (κ3) is 3.92. The molecule has 20 heavy (non-hydrogen) atoms. The van der Waals surface area contributed by atoms with E-state index in [0.717, 1.165) is 29.6 Å². The molecule has 0 spiro atoms. The van der Waals surface area contributed by atoms with Crippen LogP contribution in [0.5, 0.6) is 0 Å². The Kier molecular flexibility index (Phi) is 4.89. The summed E-state index contributed by atoms with van der Waals surface area (Å²) in [6.07, 6.45) is 0. The number of nitrogens with one attached hydrogen (secondary N) is 2. The Morgan fingerprint density at radius 2 is 1.95 bits per heavy atom. The number of hydrogen-bond acceptors (Lipinski definition) is 7. The Balaban J connectivity index is 2.08. The monoisotopic (exact) mass is 277 g/mol. The zero-order chi connectivity index (χ0) is 14.4. The highest BCUT2D eigenvalue weighted by Gasteiger charge is 2.05. The summed E-state index contributed by atoms with van der Waals surface area (Å²) in [5.41, 5.74) is 0.833. The molecule has 2 aromatic rings. The SMILES string of the molecule is CCNc1cc(NCc2cc(C)on2)nc(COC)n1. The van der Waals surface area contributed by atoms with Crippen LogP contribution in [0.3, 0.4) is 0 Å². The van der Waals surface area contributed by atoms with Gasteiger partial charge in [-0.3, -0.25) is 0 Å². The van der Waals surface area contributed by atoms with Gasteiger partial charge in [-0.05, 0) is 13.8 Å². The Bertz CT molecular complexity index is 531.